The molecule has 2 aromatic rings. The van der Waals surface area contributed by atoms with Gasteiger partial charge in [-0.1, -0.05) is 41.9 Å². The lowest BCUT2D eigenvalue weighted by Crippen LogP contribution is -2.31. The molecular formula is C20H22ClNO3. The molecule has 0 N–H and O–H groups in total. The molecule has 0 fully saturated rings. The van der Waals surface area contributed by atoms with E-state index in [9.17, 15) is 4.79 Å². The van der Waals surface area contributed by atoms with Crippen LogP contribution in [-0.2, 0) is 17.8 Å². The van der Waals surface area contributed by atoms with Crippen molar-refractivity contribution >= 4 is 17.5 Å². The number of likely N-dealkylation sites (N-methyl/N-ethyl adjacent to an activating group) is 1. The summed E-state index contributed by atoms with van der Waals surface area (Å²) in [5.74, 6) is 0.993. The van der Waals surface area contributed by atoms with Gasteiger partial charge in [-0.25, -0.2) is 0 Å². The van der Waals surface area contributed by atoms with E-state index in [0.717, 1.165) is 17.5 Å². The van der Waals surface area contributed by atoms with Crippen LogP contribution in [0.1, 0.15) is 11.1 Å². The van der Waals surface area contributed by atoms with Crippen LogP contribution in [0.3, 0.4) is 0 Å². The van der Waals surface area contributed by atoms with Gasteiger partial charge in [0.1, 0.15) is 0 Å². The van der Waals surface area contributed by atoms with Crippen LogP contribution in [0.2, 0.25) is 5.02 Å². The van der Waals surface area contributed by atoms with Crippen molar-refractivity contribution in [1.29, 1.82) is 0 Å². The van der Waals surface area contributed by atoms with E-state index in [2.05, 4.69) is 6.58 Å². The van der Waals surface area contributed by atoms with Crippen LogP contribution >= 0.6 is 11.6 Å². The van der Waals surface area contributed by atoms with Crippen molar-refractivity contribution in [1.82, 2.24) is 4.90 Å². The number of amides is 1. The Morgan fingerprint density at radius 2 is 2.00 bits per heavy atom. The van der Waals surface area contributed by atoms with Gasteiger partial charge < -0.3 is 14.4 Å². The highest BCUT2D eigenvalue weighted by Gasteiger charge is 2.13. The zero-order valence-electron chi connectivity index (χ0n) is 14.5. The Hall–Kier alpha value is -2.46. The molecule has 0 bridgehead atoms. The number of benzene rings is 2. The monoisotopic (exact) mass is 359 g/mol. The fraction of sp³-hybridized carbons (Fsp3) is 0.250. The Morgan fingerprint density at radius 3 is 2.68 bits per heavy atom. The lowest BCUT2D eigenvalue weighted by Gasteiger charge is -2.19. The number of rotatable bonds is 8. The molecule has 5 heteroatoms. The third kappa shape index (κ3) is 5.26. The van der Waals surface area contributed by atoms with E-state index >= 15 is 0 Å². The largest absolute Gasteiger partial charge is 0.493 e. The van der Waals surface area contributed by atoms with Crippen LogP contribution in [0.5, 0.6) is 11.5 Å². The number of carbonyl (C=O) groups is 1. The molecule has 4 nitrogen and oxygen atoms in total. The van der Waals surface area contributed by atoms with Crippen molar-refractivity contribution in [2.45, 2.75) is 13.0 Å². The van der Waals surface area contributed by atoms with Gasteiger partial charge in [-0.2, -0.15) is 0 Å². The van der Waals surface area contributed by atoms with E-state index in [4.69, 9.17) is 21.1 Å². The molecule has 0 aliphatic heterocycles. The van der Waals surface area contributed by atoms with Crippen LogP contribution in [0.4, 0.5) is 0 Å². The topological polar surface area (TPSA) is 38.8 Å². The van der Waals surface area contributed by atoms with Crippen molar-refractivity contribution < 1.29 is 14.3 Å². The maximum absolute atomic E-state index is 12.3. The van der Waals surface area contributed by atoms with Crippen molar-refractivity contribution in [3.05, 3.63) is 71.3 Å². The highest BCUT2D eigenvalue weighted by atomic mass is 35.5. The summed E-state index contributed by atoms with van der Waals surface area (Å²) in [4.78, 5) is 13.9. The number of allylic oxidation sites excluding steroid dienone is 1. The molecule has 0 aliphatic carbocycles. The smallest absolute Gasteiger partial charge is 0.260 e. The molecule has 25 heavy (non-hydrogen) atoms. The Labute approximate surface area is 153 Å². The van der Waals surface area contributed by atoms with Gasteiger partial charge in [-0.15, -0.1) is 6.58 Å². The lowest BCUT2D eigenvalue weighted by molar-refractivity contribution is -0.132. The first kappa shape index (κ1) is 18.9. The van der Waals surface area contributed by atoms with E-state index < -0.39 is 0 Å². The second-order valence-corrected chi connectivity index (χ2v) is 6.02. The van der Waals surface area contributed by atoms with Gasteiger partial charge in [0.05, 0.1) is 7.11 Å². The number of carbonyl (C=O) groups excluding carboxylic acids is 1. The molecule has 2 aromatic carbocycles. The zero-order valence-corrected chi connectivity index (χ0v) is 15.3. The summed E-state index contributed by atoms with van der Waals surface area (Å²) in [5.41, 5.74) is 1.97. The van der Waals surface area contributed by atoms with Crippen LogP contribution < -0.4 is 9.47 Å². The van der Waals surface area contributed by atoms with Gasteiger partial charge in [-0.05, 0) is 35.7 Å². The van der Waals surface area contributed by atoms with Gasteiger partial charge in [0.2, 0.25) is 0 Å². The maximum atomic E-state index is 12.3. The summed E-state index contributed by atoms with van der Waals surface area (Å²) < 4.78 is 11.0. The Morgan fingerprint density at radius 1 is 1.24 bits per heavy atom. The first-order chi connectivity index (χ1) is 12.0. The zero-order chi connectivity index (χ0) is 18.2. The van der Waals surface area contributed by atoms with E-state index in [1.54, 1.807) is 31.2 Å². The molecule has 0 unspecified atom stereocenters. The highest BCUT2D eigenvalue weighted by Crippen LogP contribution is 2.28. The number of halogens is 1. The molecule has 0 aromatic heterocycles. The molecule has 2 rings (SSSR count). The Bertz CT molecular complexity index is 745. The van der Waals surface area contributed by atoms with Crippen LogP contribution in [0.25, 0.3) is 0 Å². The summed E-state index contributed by atoms with van der Waals surface area (Å²) in [6.45, 7) is 4.08. The first-order valence-electron chi connectivity index (χ1n) is 7.93. The third-order valence-corrected chi connectivity index (χ3v) is 4.12. The molecular weight excluding hydrogens is 338 g/mol. The molecule has 0 saturated heterocycles. The maximum Gasteiger partial charge on any atom is 0.260 e. The number of hydrogen-bond acceptors (Lipinski definition) is 3. The summed E-state index contributed by atoms with van der Waals surface area (Å²) in [7, 11) is 3.30. The predicted molar refractivity (Wildman–Crippen MR) is 100 cm³/mol. The quantitative estimate of drug-likeness (QED) is 0.666. The van der Waals surface area contributed by atoms with Gasteiger partial charge in [-0.3, -0.25) is 4.79 Å². The number of ether oxygens (including phenoxy) is 2. The molecule has 0 spiro atoms. The number of hydrogen-bond donors (Lipinski definition) is 0. The molecule has 132 valence electrons. The van der Waals surface area contributed by atoms with Crippen molar-refractivity contribution in [2.75, 3.05) is 20.8 Å². The second-order valence-electron chi connectivity index (χ2n) is 5.61. The number of methoxy groups -OCH3 is 1. The average molecular weight is 360 g/mol. The van der Waals surface area contributed by atoms with Crippen molar-refractivity contribution in [3.63, 3.8) is 0 Å². The lowest BCUT2D eigenvalue weighted by atomic mass is 10.1. The SMILES string of the molecule is C=CCc1ccc(OCC(=O)N(C)Cc2ccccc2Cl)c(OC)c1. The van der Waals surface area contributed by atoms with Gasteiger partial charge in [0.15, 0.2) is 18.1 Å². The van der Waals surface area contributed by atoms with E-state index in [0.29, 0.717) is 23.1 Å². The van der Waals surface area contributed by atoms with Crippen molar-refractivity contribution in [3.8, 4) is 11.5 Å². The third-order valence-electron chi connectivity index (χ3n) is 3.75. The predicted octanol–water partition coefficient (Wildman–Crippen LogP) is 4.11. The summed E-state index contributed by atoms with van der Waals surface area (Å²) in [6.07, 6.45) is 2.57. The molecule has 0 aliphatic rings. The van der Waals surface area contributed by atoms with Crippen LogP contribution in [0, 0.1) is 0 Å². The molecule has 0 saturated carbocycles. The summed E-state index contributed by atoms with van der Waals surface area (Å²) in [6, 6.07) is 13.1. The molecule has 0 heterocycles. The van der Waals surface area contributed by atoms with E-state index in [1.165, 1.54) is 0 Å². The van der Waals surface area contributed by atoms with E-state index in [-0.39, 0.29) is 12.5 Å². The van der Waals surface area contributed by atoms with Gasteiger partial charge >= 0.3 is 0 Å². The van der Waals surface area contributed by atoms with Crippen LogP contribution in [-0.4, -0.2) is 31.6 Å². The summed E-state index contributed by atoms with van der Waals surface area (Å²) >= 11 is 6.13. The summed E-state index contributed by atoms with van der Waals surface area (Å²) in [5, 5.41) is 0.641. The molecule has 0 atom stereocenters. The van der Waals surface area contributed by atoms with Crippen LogP contribution in [0.15, 0.2) is 55.1 Å². The Kier molecular flexibility index (Phi) is 6.90. The van der Waals surface area contributed by atoms with Gasteiger partial charge in [0.25, 0.3) is 5.91 Å². The van der Waals surface area contributed by atoms with Gasteiger partial charge in [0, 0.05) is 18.6 Å². The first-order valence-corrected chi connectivity index (χ1v) is 8.31. The second kappa shape index (κ2) is 9.14. The molecule has 1 amide bonds. The standard InChI is InChI=1S/C20H22ClNO3/c1-4-7-15-10-11-18(19(12-15)24-3)25-14-20(23)22(2)13-16-8-5-6-9-17(16)21/h4-6,8-12H,1,7,13-14H2,2-3H3. The average Bonchev–Trinajstić information content (AvgIpc) is 2.62. The number of nitrogens with zero attached hydrogens (tertiary/aromatic N) is 1. The minimum atomic E-state index is -0.142. The van der Waals surface area contributed by atoms with E-state index in [1.807, 2.05) is 36.4 Å². The highest BCUT2D eigenvalue weighted by molar-refractivity contribution is 6.31. The minimum absolute atomic E-state index is 0.0713. The normalized spacial score (nSPS) is 10.2. The fourth-order valence-electron chi connectivity index (χ4n) is 2.34. The fourth-order valence-corrected chi connectivity index (χ4v) is 2.54. The van der Waals surface area contributed by atoms with Crippen molar-refractivity contribution in [2.24, 2.45) is 0 Å². The Balaban J connectivity index is 1.97. The molecule has 0 radical (unpaired) electrons. The minimum Gasteiger partial charge on any atom is -0.493 e.